The Labute approximate surface area is 89.6 Å². The molecule has 1 unspecified atom stereocenters. The van der Waals surface area contributed by atoms with Crippen LogP contribution in [-0.2, 0) is 4.79 Å². The standard InChI is InChI=1S/C10H20BrNO/c1-4-9(5-2)10(13)12-8(3)6-7-11/h8-9H,4-7H2,1-3H3,(H,12,13). The maximum absolute atomic E-state index is 11.6. The number of alkyl halides is 1. The highest BCUT2D eigenvalue weighted by atomic mass is 79.9. The molecule has 0 aliphatic carbocycles. The van der Waals surface area contributed by atoms with Crippen molar-refractivity contribution >= 4 is 21.8 Å². The first kappa shape index (κ1) is 12.9. The summed E-state index contributed by atoms with van der Waals surface area (Å²) in [4.78, 5) is 11.6. The van der Waals surface area contributed by atoms with E-state index in [4.69, 9.17) is 0 Å². The lowest BCUT2D eigenvalue weighted by molar-refractivity contribution is -0.125. The molecule has 13 heavy (non-hydrogen) atoms. The van der Waals surface area contributed by atoms with Crippen molar-refractivity contribution in [3.05, 3.63) is 0 Å². The molecule has 0 aliphatic rings. The van der Waals surface area contributed by atoms with Crippen LogP contribution in [0, 0.1) is 5.92 Å². The highest BCUT2D eigenvalue weighted by Crippen LogP contribution is 2.08. The van der Waals surface area contributed by atoms with Gasteiger partial charge in [0.1, 0.15) is 0 Å². The number of carbonyl (C=O) groups excluding carboxylic acids is 1. The second kappa shape index (κ2) is 7.36. The molecule has 0 saturated carbocycles. The summed E-state index contributed by atoms with van der Waals surface area (Å²) in [6.45, 7) is 6.16. The Bertz CT molecular complexity index is 146. The van der Waals surface area contributed by atoms with Gasteiger partial charge in [0.2, 0.25) is 5.91 Å². The minimum Gasteiger partial charge on any atom is -0.353 e. The molecular weight excluding hydrogens is 230 g/mol. The lowest BCUT2D eigenvalue weighted by atomic mass is 10.0. The second-order valence-corrected chi connectivity index (χ2v) is 4.19. The Morgan fingerprint density at radius 3 is 2.31 bits per heavy atom. The van der Waals surface area contributed by atoms with E-state index in [1.54, 1.807) is 0 Å². The molecule has 0 fully saturated rings. The summed E-state index contributed by atoms with van der Waals surface area (Å²) in [6.07, 6.45) is 2.86. The minimum atomic E-state index is 0.192. The van der Waals surface area contributed by atoms with E-state index in [-0.39, 0.29) is 17.9 Å². The van der Waals surface area contributed by atoms with Crippen LogP contribution in [0.3, 0.4) is 0 Å². The van der Waals surface area contributed by atoms with E-state index in [1.807, 2.05) is 6.92 Å². The average molecular weight is 250 g/mol. The van der Waals surface area contributed by atoms with Gasteiger partial charge in [-0.3, -0.25) is 4.79 Å². The Balaban J connectivity index is 3.83. The fourth-order valence-corrected chi connectivity index (χ4v) is 1.94. The van der Waals surface area contributed by atoms with E-state index in [1.165, 1.54) is 0 Å². The fraction of sp³-hybridized carbons (Fsp3) is 0.900. The summed E-state index contributed by atoms with van der Waals surface area (Å²) in [6, 6.07) is 0.285. The SMILES string of the molecule is CCC(CC)C(=O)NC(C)CCBr. The number of hydrogen-bond acceptors (Lipinski definition) is 1. The quantitative estimate of drug-likeness (QED) is 0.721. The summed E-state index contributed by atoms with van der Waals surface area (Å²) < 4.78 is 0. The molecule has 0 aromatic carbocycles. The molecule has 1 N–H and O–H groups in total. The van der Waals surface area contributed by atoms with E-state index in [0.717, 1.165) is 24.6 Å². The monoisotopic (exact) mass is 249 g/mol. The molecule has 0 spiro atoms. The maximum Gasteiger partial charge on any atom is 0.223 e. The summed E-state index contributed by atoms with van der Waals surface area (Å²) >= 11 is 3.36. The van der Waals surface area contributed by atoms with Crippen LogP contribution in [-0.4, -0.2) is 17.3 Å². The van der Waals surface area contributed by atoms with Gasteiger partial charge in [-0.15, -0.1) is 0 Å². The Hall–Kier alpha value is -0.0500. The fourth-order valence-electron chi connectivity index (χ4n) is 1.26. The highest BCUT2D eigenvalue weighted by Gasteiger charge is 2.15. The van der Waals surface area contributed by atoms with Crippen molar-refractivity contribution in [2.75, 3.05) is 5.33 Å². The van der Waals surface area contributed by atoms with Crippen LogP contribution in [0.4, 0.5) is 0 Å². The lowest BCUT2D eigenvalue weighted by Crippen LogP contribution is -2.37. The van der Waals surface area contributed by atoms with E-state index in [2.05, 4.69) is 35.1 Å². The smallest absolute Gasteiger partial charge is 0.223 e. The molecule has 0 rings (SSSR count). The van der Waals surface area contributed by atoms with Crippen LogP contribution >= 0.6 is 15.9 Å². The molecule has 78 valence electrons. The van der Waals surface area contributed by atoms with Crippen molar-refractivity contribution in [1.29, 1.82) is 0 Å². The van der Waals surface area contributed by atoms with E-state index < -0.39 is 0 Å². The molecule has 2 nitrogen and oxygen atoms in total. The minimum absolute atomic E-state index is 0.192. The normalized spacial score (nSPS) is 13.0. The van der Waals surface area contributed by atoms with Crippen molar-refractivity contribution in [3.63, 3.8) is 0 Å². The molecule has 0 bridgehead atoms. The number of halogens is 1. The lowest BCUT2D eigenvalue weighted by Gasteiger charge is -2.17. The van der Waals surface area contributed by atoms with Crippen LogP contribution in [0.2, 0.25) is 0 Å². The second-order valence-electron chi connectivity index (χ2n) is 3.40. The third kappa shape index (κ3) is 5.29. The van der Waals surface area contributed by atoms with Crippen molar-refractivity contribution in [2.24, 2.45) is 5.92 Å². The first-order valence-electron chi connectivity index (χ1n) is 5.02. The van der Waals surface area contributed by atoms with E-state index in [0.29, 0.717) is 0 Å². The summed E-state index contributed by atoms with van der Waals surface area (Å²) in [5, 5.41) is 3.96. The Kier molecular flexibility index (Phi) is 7.33. The first-order valence-corrected chi connectivity index (χ1v) is 6.14. The van der Waals surface area contributed by atoms with Crippen molar-refractivity contribution in [2.45, 2.75) is 46.1 Å². The zero-order chi connectivity index (χ0) is 10.3. The molecule has 0 aliphatic heterocycles. The van der Waals surface area contributed by atoms with Crippen LogP contribution < -0.4 is 5.32 Å². The van der Waals surface area contributed by atoms with E-state index in [9.17, 15) is 4.79 Å². The number of amides is 1. The molecule has 0 aromatic heterocycles. The van der Waals surface area contributed by atoms with Crippen molar-refractivity contribution < 1.29 is 4.79 Å². The van der Waals surface area contributed by atoms with Crippen molar-refractivity contribution in [1.82, 2.24) is 5.32 Å². The Morgan fingerprint density at radius 2 is 1.92 bits per heavy atom. The summed E-state index contributed by atoms with van der Waals surface area (Å²) in [5.74, 6) is 0.399. The van der Waals surface area contributed by atoms with Gasteiger partial charge in [-0.25, -0.2) is 0 Å². The molecular formula is C10H20BrNO. The molecule has 1 atom stereocenters. The topological polar surface area (TPSA) is 29.1 Å². The number of carbonyl (C=O) groups is 1. The van der Waals surface area contributed by atoms with Crippen LogP contribution in [0.1, 0.15) is 40.0 Å². The summed E-state index contributed by atoms with van der Waals surface area (Å²) in [7, 11) is 0. The maximum atomic E-state index is 11.6. The molecule has 0 radical (unpaired) electrons. The van der Waals surface area contributed by atoms with Gasteiger partial charge >= 0.3 is 0 Å². The first-order chi connectivity index (χ1) is 6.15. The molecule has 0 aromatic rings. The number of hydrogen-bond donors (Lipinski definition) is 1. The largest absolute Gasteiger partial charge is 0.353 e. The Morgan fingerprint density at radius 1 is 1.38 bits per heavy atom. The summed E-state index contributed by atoms with van der Waals surface area (Å²) in [5.41, 5.74) is 0. The zero-order valence-electron chi connectivity index (χ0n) is 8.77. The highest BCUT2D eigenvalue weighted by molar-refractivity contribution is 9.09. The van der Waals surface area contributed by atoms with Crippen LogP contribution in [0.15, 0.2) is 0 Å². The van der Waals surface area contributed by atoms with Gasteiger partial charge in [-0.05, 0) is 26.2 Å². The van der Waals surface area contributed by atoms with Gasteiger partial charge in [0.05, 0.1) is 0 Å². The molecule has 3 heteroatoms. The predicted octanol–water partition coefficient (Wildman–Crippen LogP) is 2.71. The third-order valence-electron chi connectivity index (χ3n) is 2.29. The van der Waals surface area contributed by atoms with Crippen LogP contribution in [0.5, 0.6) is 0 Å². The number of rotatable bonds is 6. The van der Waals surface area contributed by atoms with Gasteiger partial charge in [-0.2, -0.15) is 0 Å². The van der Waals surface area contributed by atoms with Crippen LogP contribution in [0.25, 0.3) is 0 Å². The van der Waals surface area contributed by atoms with Gasteiger partial charge in [-0.1, -0.05) is 29.8 Å². The van der Waals surface area contributed by atoms with Gasteiger partial charge in [0, 0.05) is 17.3 Å². The predicted molar refractivity (Wildman–Crippen MR) is 60.1 cm³/mol. The van der Waals surface area contributed by atoms with Gasteiger partial charge < -0.3 is 5.32 Å². The van der Waals surface area contributed by atoms with Crippen molar-refractivity contribution in [3.8, 4) is 0 Å². The van der Waals surface area contributed by atoms with Gasteiger partial charge in [0.25, 0.3) is 0 Å². The molecule has 0 saturated heterocycles. The van der Waals surface area contributed by atoms with Gasteiger partial charge in [0.15, 0.2) is 0 Å². The van der Waals surface area contributed by atoms with E-state index >= 15 is 0 Å². The molecule has 1 amide bonds. The average Bonchev–Trinajstić information content (AvgIpc) is 2.06. The number of nitrogens with one attached hydrogen (secondary N) is 1. The zero-order valence-corrected chi connectivity index (χ0v) is 10.4. The molecule has 0 heterocycles. The third-order valence-corrected chi connectivity index (χ3v) is 2.75.